The maximum atomic E-state index is 15.0. The van der Waals surface area contributed by atoms with Crippen LogP contribution >= 0.6 is 0 Å². The van der Waals surface area contributed by atoms with Gasteiger partial charge in [-0.2, -0.15) is 65.9 Å². The molecule has 0 amide bonds. The van der Waals surface area contributed by atoms with E-state index in [0.717, 1.165) is 34.9 Å². The molecule has 8 aromatic carbocycles. The van der Waals surface area contributed by atoms with Gasteiger partial charge in [-0.15, -0.1) is 0 Å². The van der Waals surface area contributed by atoms with Crippen LogP contribution in [0.3, 0.4) is 0 Å². The summed E-state index contributed by atoms with van der Waals surface area (Å²) in [7, 11) is 0. The van der Waals surface area contributed by atoms with Crippen LogP contribution in [0.2, 0.25) is 0 Å². The van der Waals surface area contributed by atoms with Gasteiger partial charge in [0.25, 0.3) is 0 Å². The van der Waals surface area contributed by atoms with Crippen molar-refractivity contribution in [2.75, 3.05) is 0 Å². The van der Waals surface area contributed by atoms with Crippen molar-refractivity contribution in [3.05, 3.63) is 198 Å². The monoisotopic (exact) mass is 1060 g/mol. The summed E-state index contributed by atoms with van der Waals surface area (Å²) >= 11 is 0. The molecular formula is C56H28F15N5. The summed E-state index contributed by atoms with van der Waals surface area (Å²) in [6.45, 7) is 0. The summed E-state index contributed by atoms with van der Waals surface area (Å²) in [5.74, 6) is 0.294. The van der Waals surface area contributed by atoms with E-state index in [2.05, 4.69) is 0 Å². The molecule has 3 aromatic heterocycles. The van der Waals surface area contributed by atoms with Crippen LogP contribution in [0, 0.1) is 0 Å². The van der Waals surface area contributed by atoms with Crippen molar-refractivity contribution < 1.29 is 65.9 Å². The third-order valence-electron chi connectivity index (χ3n) is 12.9. The van der Waals surface area contributed by atoms with Crippen LogP contribution in [0.25, 0.3) is 100 Å². The molecule has 0 saturated carbocycles. The van der Waals surface area contributed by atoms with Gasteiger partial charge in [-0.05, 0) is 103 Å². The second kappa shape index (κ2) is 17.5. The van der Waals surface area contributed by atoms with Crippen LogP contribution in [0.4, 0.5) is 65.9 Å². The fourth-order valence-corrected chi connectivity index (χ4v) is 9.42. The molecule has 382 valence electrons. The number of aromatic nitrogens is 5. The van der Waals surface area contributed by atoms with Crippen molar-refractivity contribution in [3.63, 3.8) is 0 Å². The third kappa shape index (κ3) is 8.79. The highest BCUT2D eigenvalue weighted by molar-refractivity contribution is 6.12. The van der Waals surface area contributed by atoms with Crippen LogP contribution in [-0.2, 0) is 30.9 Å². The zero-order valence-electron chi connectivity index (χ0n) is 38.1. The van der Waals surface area contributed by atoms with E-state index in [1.165, 1.54) is 22.8 Å². The zero-order valence-corrected chi connectivity index (χ0v) is 38.1. The molecule has 0 spiro atoms. The number of benzene rings is 8. The van der Waals surface area contributed by atoms with Crippen molar-refractivity contribution >= 4 is 43.6 Å². The fraction of sp³-hybridized carbons (Fsp3) is 0.0893. The lowest BCUT2D eigenvalue weighted by Gasteiger charge is -2.21. The molecule has 0 fully saturated rings. The van der Waals surface area contributed by atoms with Crippen LogP contribution in [0.1, 0.15) is 27.8 Å². The minimum Gasteiger partial charge on any atom is -0.309 e. The van der Waals surface area contributed by atoms with Gasteiger partial charge in [0.15, 0.2) is 17.5 Å². The van der Waals surface area contributed by atoms with E-state index in [0.29, 0.717) is 71.8 Å². The molecule has 0 unspecified atom stereocenters. The van der Waals surface area contributed by atoms with E-state index >= 15 is 13.2 Å². The van der Waals surface area contributed by atoms with Crippen LogP contribution in [0.5, 0.6) is 0 Å². The Hall–Kier alpha value is -8.68. The van der Waals surface area contributed by atoms with Crippen LogP contribution in [-0.4, -0.2) is 24.1 Å². The van der Waals surface area contributed by atoms with Crippen molar-refractivity contribution in [3.8, 4) is 56.7 Å². The molecule has 0 bridgehead atoms. The van der Waals surface area contributed by atoms with Gasteiger partial charge in [-0.25, -0.2) is 15.0 Å². The van der Waals surface area contributed by atoms with Gasteiger partial charge >= 0.3 is 30.9 Å². The lowest BCUT2D eigenvalue weighted by atomic mass is 9.96. The second-order valence-corrected chi connectivity index (χ2v) is 17.6. The molecule has 0 N–H and O–H groups in total. The van der Waals surface area contributed by atoms with Gasteiger partial charge in [0.05, 0.1) is 61.3 Å². The molecule has 20 heteroatoms. The molecule has 0 saturated heterocycles. The van der Waals surface area contributed by atoms with Crippen LogP contribution < -0.4 is 0 Å². The van der Waals surface area contributed by atoms with E-state index in [1.807, 2.05) is 0 Å². The summed E-state index contributed by atoms with van der Waals surface area (Å²) in [5.41, 5.74) is -6.69. The largest absolute Gasteiger partial charge is 0.416 e. The van der Waals surface area contributed by atoms with Crippen molar-refractivity contribution in [2.24, 2.45) is 0 Å². The zero-order chi connectivity index (χ0) is 53.9. The smallest absolute Gasteiger partial charge is 0.309 e. The fourth-order valence-electron chi connectivity index (χ4n) is 9.42. The van der Waals surface area contributed by atoms with E-state index in [4.69, 9.17) is 15.0 Å². The lowest BCUT2D eigenvalue weighted by Crippen LogP contribution is -2.09. The Morgan fingerprint density at radius 3 is 0.934 bits per heavy atom. The molecule has 0 atom stereocenters. The summed E-state index contributed by atoms with van der Waals surface area (Å²) < 4.78 is 220. The molecule has 0 aliphatic heterocycles. The number of hydrogen-bond donors (Lipinski definition) is 0. The van der Waals surface area contributed by atoms with Crippen LogP contribution in [0.15, 0.2) is 170 Å². The van der Waals surface area contributed by atoms with E-state index in [1.54, 1.807) is 60.7 Å². The normalized spacial score (nSPS) is 12.9. The molecule has 76 heavy (non-hydrogen) atoms. The highest BCUT2D eigenvalue weighted by Crippen LogP contribution is 2.47. The molecule has 0 aliphatic rings. The van der Waals surface area contributed by atoms with Crippen molar-refractivity contribution in [1.82, 2.24) is 24.1 Å². The Morgan fingerprint density at radius 1 is 0.263 bits per heavy atom. The van der Waals surface area contributed by atoms with Crippen molar-refractivity contribution in [1.29, 1.82) is 0 Å². The number of rotatable bonds is 6. The summed E-state index contributed by atoms with van der Waals surface area (Å²) in [6.07, 6.45) is -25.1. The maximum absolute atomic E-state index is 15.0. The Morgan fingerprint density at radius 2 is 0.579 bits per heavy atom. The third-order valence-corrected chi connectivity index (χ3v) is 12.9. The Balaban J connectivity index is 1.28. The summed E-state index contributed by atoms with van der Waals surface area (Å²) in [4.78, 5) is 14.2. The second-order valence-electron chi connectivity index (χ2n) is 17.6. The molecular weight excluding hydrogens is 1030 g/mol. The first kappa shape index (κ1) is 49.5. The van der Waals surface area contributed by atoms with Crippen molar-refractivity contribution in [2.45, 2.75) is 30.9 Å². The van der Waals surface area contributed by atoms with E-state index in [9.17, 15) is 52.7 Å². The molecule has 0 radical (unpaired) electrons. The SMILES string of the molecule is FC(F)(F)c1ccc(-c2cc(-c3nc(-c4ccccc4)nc(-c4ccccc4)n3)ccc2-n2c3ccc(C(F)(F)F)cc3c3cc(C(F)(F)F)ccc32)c(-n2c3ccc(C(F)(F)F)cc3c3cc(C(F)(F)F)ccc32)c1. The highest BCUT2D eigenvalue weighted by Gasteiger charge is 2.37. The first-order chi connectivity index (χ1) is 35.8. The number of hydrogen-bond acceptors (Lipinski definition) is 3. The quantitative estimate of drug-likeness (QED) is 0.156. The predicted octanol–water partition coefficient (Wildman–Crippen LogP) is 17.8. The molecule has 11 rings (SSSR count). The van der Waals surface area contributed by atoms with Gasteiger partial charge < -0.3 is 9.13 Å². The number of halogens is 15. The maximum Gasteiger partial charge on any atom is 0.416 e. The average Bonchev–Trinajstić information content (AvgIpc) is 4.04. The molecule has 3 heterocycles. The highest BCUT2D eigenvalue weighted by atomic mass is 19.4. The molecule has 11 aromatic rings. The number of fused-ring (bicyclic) bond motifs is 6. The van der Waals surface area contributed by atoms with E-state index < -0.39 is 75.2 Å². The first-order valence-corrected chi connectivity index (χ1v) is 22.5. The minimum atomic E-state index is -5.12. The number of nitrogens with zero attached hydrogens (tertiary/aromatic N) is 5. The predicted molar refractivity (Wildman–Crippen MR) is 255 cm³/mol. The Labute approximate surface area is 417 Å². The van der Waals surface area contributed by atoms with Gasteiger partial charge in [0.1, 0.15) is 0 Å². The average molecular weight is 1060 g/mol. The standard InChI is InChI=1S/C56H28F15N5/c57-52(58,59)32-13-19-44-39(24-32)40-25-33(53(60,61)62)14-20-45(40)75(44)43-18-11-31(51-73-49(29-7-3-1-4-8-29)72-50(74-51)30-9-5-2-6-10-30)23-38(43)37-17-12-36(56(69,70)71)28-48(37)76-46-21-15-34(54(63,64)65)26-41(46)42-27-35(55(66,67)68)16-22-47(42)76/h1-28H. The summed E-state index contributed by atoms with van der Waals surface area (Å²) in [5, 5.41) is -1.47. The first-order valence-electron chi connectivity index (χ1n) is 22.5. The van der Waals surface area contributed by atoms with Gasteiger partial charge in [0, 0.05) is 49.4 Å². The van der Waals surface area contributed by atoms with Gasteiger partial charge in [0.2, 0.25) is 0 Å². The summed E-state index contributed by atoms with van der Waals surface area (Å²) in [6, 6.07) is 32.8. The molecule has 0 aliphatic carbocycles. The van der Waals surface area contributed by atoms with Gasteiger partial charge in [-0.3, -0.25) is 0 Å². The topological polar surface area (TPSA) is 48.5 Å². The number of alkyl halides is 15. The Bertz CT molecular complexity index is 3890. The Kier molecular flexibility index (Phi) is 11.4. The van der Waals surface area contributed by atoms with E-state index in [-0.39, 0.29) is 72.7 Å². The lowest BCUT2D eigenvalue weighted by molar-refractivity contribution is -0.138. The molecule has 5 nitrogen and oxygen atoms in total. The minimum absolute atomic E-state index is 0.0305. The van der Waals surface area contributed by atoms with Gasteiger partial charge in [-0.1, -0.05) is 66.7 Å².